The van der Waals surface area contributed by atoms with Crippen LogP contribution in [0.4, 0.5) is 0 Å². The largest absolute Gasteiger partial charge is 0.333 e. The van der Waals surface area contributed by atoms with Crippen molar-refractivity contribution < 1.29 is 0 Å². The van der Waals surface area contributed by atoms with Crippen LogP contribution in [0, 0.1) is 0 Å². The molecule has 1 aromatic carbocycles. The summed E-state index contributed by atoms with van der Waals surface area (Å²) in [4.78, 5) is 13.2. The summed E-state index contributed by atoms with van der Waals surface area (Å²) in [5, 5.41) is 0.872. The van der Waals surface area contributed by atoms with Gasteiger partial charge in [-0.25, -0.2) is 4.98 Å². The van der Waals surface area contributed by atoms with Gasteiger partial charge in [0.1, 0.15) is 0 Å². The van der Waals surface area contributed by atoms with Crippen LogP contribution < -0.4 is 5.73 Å². The van der Waals surface area contributed by atoms with Crippen molar-refractivity contribution >= 4 is 22.8 Å². The molecule has 3 aromatic rings. The average Bonchev–Trinajstić information content (AvgIpc) is 2.81. The monoisotopic (exact) mass is 270 g/mol. The van der Waals surface area contributed by atoms with E-state index >= 15 is 0 Å². The van der Waals surface area contributed by atoms with Crippen LogP contribution in [0.1, 0.15) is 18.7 Å². The Labute approximate surface area is 115 Å². The van der Waals surface area contributed by atoms with E-state index in [-0.39, 0.29) is 6.04 Å². The highest BCUT2D eigenvalue weighted by Gasteiger charge is 2.05. The maximum absolute atomic E-state index is 5.78. The summed E-state index contributed by atoms with van der Waals surface area (Å²) in [7, 11) is 0. The van der Waals surface area contributed by atoms with E-state index in [1.54, 1.807) is 11.8 Å². The van der Waals surface area contributed by atoms with Crippen LogP contribution in [0.2, 0.25) is 0 Å². The molecule has 0 spiro atoms. The molecule has 0 aliphatic heterocycles. The fraction of sp³-hybridized carbons (Fsp3) is 0.143. The zero-order chi connectivity index (χ0) is 13.2. The van der Waals surface area contributed by atoms with E-state index in [0.717, 1.165) is 26.8 Å². The number of aromatic amines is 1. The smallest absolute Gasteiger partial charge is 0.171 e. The molecule has 0 aliphatic rings. The van der Waals surface area contributed by atoms with Gasteiger partial charge in [0.2, 0.25) is 0 Å². The van der Waals surface area contributed by atoms with E-state index in [4.69, 9.17) is 5.73 Å². The summed E-state index contributed by atoms with van der Waals surface area (Å²) in [6.45, 7) is 1.92. The standard InChI is InChI=1S/C14H14N4S/c1-9(15)11-7-6-10(8-16-11)19-14-17-12-4-2-3-5-13(12)18-14/h2-9H,15H2,1H3,(H,17,18)/t9-/m1/s1. The van der Waals surface area contributed by atoms with E-state index in [9.17, 15) is 0 Å². The van der Waals surface area contributed by atoms with Crippen molar-refractivity contribution in [3.8, 4) is 0 Å². The highest BCUT2D eigenvalue weighted by Crippen LogP contribution is 2.26. The van der Waals surface area contributed by atoms with Crippen molar-refractivity contribution in [2.45, 2.75) is 23.0 Å². The Morgan fingerprint density at radius 3 is 2.74 bits per heavy atom. The van der Waals surface area contributed by atoms with Crippen LogP contribution >= 0.6 is 11.8 Å². The minimum atomic E-state index is -0.0368. The fourth-order valence-corrected chi connectivity index (χ4v) is 2.58. The van der Waals surface area contributed by atoms with Crippen molar-refractivity contribution in [1.82, 2.24) is 15.0 Å². The molecule has 3 N–H and O–H groups in total. The predicted octanol–water partition coefficient (Wildman–Crippen LogP) is 3.13. The quantitative estimate of drug-likeness (QED) is 0.767. The van der Waals surface area contributed by atoms with E-state index in [0.29, 0.717) is 0 Å². The molecule has 3 rings (SSSR count). The first-order valence-electron chi connectivity index (χ1n) is 6.06. The number of hydrogen-bond donors (Lipinski definition) is 2. The van der Waals surface area contributed by atoms with Crippen molar-refractivity contribution in [1.29, 1.82) is 0 Å². The molecule has 0 amide bonds. The Morgan fingerprint density at radius 1 is 1.21 bits per heavy atom. The summed E-state index contributed by atoms with van der Waals surface area (Å²) in [5.41, 5.74) is 8.70. The van der Waals surface area contributed by atoms with Gasteiger partial charge in [0.15, 0.2) is 5.16 Å². The van der Waals surface area contributed by atoms with Gasteiger partial charge in [-0.05, 0) is 31.2 Å². The number of para-hydroxylation sites is 2. The number of rotatable bonds is 3. The molecule has 5 heteroatoms. The Balaban J connectivity index is 1.84. The molecule has 0 bridgehead atoms. The van der Waals surface area contributed by atoms with Crippen LogP contribution in [0.25, 0.3) is 11.0 Å². The van der Waals surface area contributed by atoms with E-state index in [2.05, 4.69) is 15.0 Å². The topological polar surface area (TPSA) is 67.6 Å². The van der Waals surface area contributed by atoms with Crippen LogP contribution in [0.5, 0.6) is 0 Å². The highest BCUT2D eigenvalue weighted by atomic mass is 32.2. The van der Waals surface area contributed by atoms with Crippen molar-refractivity contribution in [2.75, 3.05) is 0 Å². The number of H-pyrrole nitrogens is 1. The number of nitrogens with two attached hydrogens (primary N) is 1. The van der Waals surface area contributed by atoms with Gasteiger partial charge in [0.25, 0.3) is 0 Å². The molecule has 4 nitrogen and oxygen atoms in total. The van der Waals surface area contributed by atoms with Gasteiger partial charge in [0.05, 0.1) is 16.7 Å². The Kier molecular flexibility index (Phi) is 3.23. The number of nitrogens with zero attached hydrogens (tertiary/aromatic N) is 2. The maximum Gasteiger partial charge on any atom is 0.171 e. The van der Waals surface area contributed by atoms with Crippen LogP contribution in [-0.2, 0) is 0 Å². The molecule has 2 heterocycles. The molecular formula is C14H14N4S. The summed E-state index contributed by atoms with van der Waals surface area (Å²) < 4.78 is 0. The Bertz CT molecular complexity index is 655. The molecule has 1 atom stereocenters. The zero-order valence-electron chi connectivity index (χ0n) is 10.5. The van der Waals surface area contributed by atoms with Gasteiger partial charge >= 0.3 is 0 Å². The Morgan fingerprint density at radius 2 is 2.05 bits per heavy atom. The molecule has 0 unspecified atom stereocenters. The summed E-state index contributed by atoms with van der Waals surface area (Å²) in [6, 6.07) is 11.9. The maximum atomic E-state index is 5.78. The first-order chi connectivity index (χ1) is 9.22. The SMILES string of the molecule is C[C@@H](N)c1ccc(Sc2nc3ccccc3[nH]2)cn1. The van der Waals surface area contributed by atoms with Gasteiger partial charge in [-0.3, -0.25) is 4.98 Å². The lowest BCUT2D eigenvalue weighted by molar-refractivity contribution is 0.777. The third-order valence-electron chi connectivity index (χ3n) is 2.81. The van der Waals surface area contributed by atoms with Gasteiger partial charge in [-0.15, -0.1) is 0 Å². The molecule has 0 radical (unpaired) electrons. The van der Waals surface area contributed by atoms with Crippen LogP contribution in [0.3, 0.4) is 0 Å². The molecule has 96 valence electrons. The fourth-order valence-electron chi connectivity index (χ4n) is 1.81. The van der Waals surface area contributed by atoms with Gasteiger partial charge in [-0.2, -0.15) is 0 Å². The van der Waals surface area contributed by atoms with E-state index in [1.165, 1.54) is 0 Å². The van der Waals surface area contributed by atoms with Crippen molar-refractivity contribution in [2.24, 2.45) is 5.73 Å². The second kappa shape index (κ2) is 5.03. The second-order valence-electron chi connectivity index (χ2n) is 4.37. The molecular weight excluding hydrogens is 256 g/mol. The third-order valence-corrected chi connectivity index (χ3v) is 3.67. The molecule has 19 heavy (non-hydrogen) atoms. The van der Waals surface area contributed by atoms with Gasteiger partial charge in [0, 0.05) is 17.1 Å². The molecule has 0 fully saturated rings. The molecule has 2 aromatic heterocycles. The lowest BCUT2D eigenvalue weighted by atomic mass is 10.2. The summed E-state index contributed by atoms with van der Waals surface area (Å²) in [5.74, 6) is 0. The lowest BCUT2D eigenvalue weighted by Crippen LogP contribution is -2.06. The third kappa shape index (κ3) is 2.62. The average molecular weight is 270 g/mol. The molecule has 0 saturated heterocycles. The number of benzene rings is 1. The number of hydrogen-bond acceptors (Lipinski definition) is 4. The summed E-state index contributed by atoms with van der Waals surface area (Å²) >= 11 is 1.56. The summed E-state index contributed by atoms with van der Waals surface area (Å²) in [6.07, 6.45) is 1.83. The zero-order valence-corrected chi connectivity index (χ0v) is 11.3. The number of fused-ring (bicyclic) bond motifs is 1. The van der Waals surface area contributed by atoms with E-state index in [1.807, 2.05) is 49.5 Å². The lowest BCUT2D eigenvalue weighted by Gasteiger charge is -2.04. The minimum absolute atomic E-state index is 0.0368. The van der Waals surface area contributed by atoms with Crippen LogP contribution in [-0.4, -0.2) is 15.0 Å². The van der Waals surface area contributed by atoms with E-state index < -0.39 is 0 Å². The van der Waals surface area contributed by atoms with Crippen molar-refractivity contribution in [3.05, 3.63) is 48.3 Å². The highest BCUT2D eigenvalue weighted by molar-refractivity contribution is 7.99. The number of imidazole rings is 1. The van der Waals surface area contributed by atoms with Crippen LogP contribution in [0.15, 0.2) is 52.6 Å². The minimum Gasteiger partial charge on any atom is -0.333 e. The first-order valence-corrected chi connectivity index (χ1v) is 6.88. The first kappa shape index (κ1) is 12.2. The molecule has 0 aliphatic carbocycles. The van der Waals surface area contributed by atoms with Crippen molar-refractivity contribution in [3.63, 3.8) is 0 Å². The number of pyridine rings is 1. The Hall–Kier alpha value is -1.85. The van der Waals surface area contributed by atoms with Gasteiger partial charge in [-0.1, -0.05) is 23.9 Å². The molecule has 0 saturated carbocycles. The number of aromatic nitrogens is 3. The predicted molar refractivity (Wildman–Crippen MR) is 77.1 cm³/mol. The number of nitrogens with one attached hydrogen (secondary N) is 1. The van der Waals surface area contributed by atoms with Gasteiger partial charge < -0.3 is 10.7 Å². The normalized spacial score (nSPS) is 12.7. The second-order valence-corrected chi connectivity index (χ2v) is 5.43.